The van der Waals surface area contributed by atoms with Crippen LogP contribution in [0.1, 0.15) is 33.5 Å². The first-order valence-corrected chi connectivity index (χ1v) is 9.68. The van der Waals surface area contributed by atoms with Crippen LogP contribution in [0.4, 0.5) is 9.18 Å². The Hall–Kier alpha value is -1.67. The van der Waals surface area contributed by atoms with E-state index in [-0.39, 0.29) is 11.9 Å². The fourth-order valence-corrected chi connectivity index (χ4v) is 3.48. The standard InChI is InChI=1S/C19H27BrFN3O3/c1-7-26-14(10-23(6)18(25)27-19(3,4)5)11-24-12(2)22-16-9-13(21)8-15(20)17(16)24/h8-9,14H,7,10-11H2,1-6H3. The number of nitrogens with zero attached hydrogens (tertiary/aromatic N) is 3. The van der Waals surface area contributed by atoms with Gasteiger partial charge in [0.15, 0.2) is 0 Å². The Bertz CT molecular complexity index is 817. The largest absolute Gasteiger partial charge is 0.444 e. The molecule has 1 aromatic carbocycles. The van der Waals surface area contributed by atoms with Gasteiger partial charge in [0.05, 0.1) is 30.2 Å². The van der Waals surface area contributed by atoms with Crippen molar-refractivity contribution in [2.45, 2.75) is 52.9 Å². The molecule has 0 spiro atoms. The van der Waals surface area contributed by atoms with Gasteiger partial charge in [0, 0.05) is 24.2 Å². The zero-order valence-electron chi connectivity index (χ0n) is 16.7. The zero-order valence-corrected chi connectivity index (χ0v) is 18.3. The van der Waals surface area contributed by atoms with Crippen LogP contribution in [0.3, 0.4) is 0 Å². The number of imidazole rings is 1. The molecule has 0 saturated carbocycles. The van der Waals surface area contributed by atoms with Gasteiger partial charge in [-0.15, -0.1) is 0 Å². The van der Waals surface area contributed by atoms with E-state index < -0.39 is 11.7 Å². The first-order valence-electron chi connectivity index (χ1n) is 8.89. The summed E-state index contributed by atoms with van der Waals surface area (Å²) in [5, 5.41) is 0. The third-order valence-corrected chi connectivity index (χ3v) is 4.53. The van der Waals surface area contributed by atoms with Gasteiger partial charge in [-0.1, -0.05) is 0 Å². The lowest BCUT2D eigenvalue weighted by Crippen LogP contribution is -2.40. The summed E-state index contributed by atoms with van der Waals surface area (Å²) in [4.78, 5) is 18.2. The van der Waals surface area contributed by atoms with E-state index in [0.717, 1.165) is 11.3 Å². The molecule has 0 aliphatic heterocycles. The maximum absolute atomic E-state index is 13.7. The molecule has 2 rings (SSSR count). The number of hydrogen-bond donors (Lipinski definition) is 0. The number of carbonyl (C=O) groups excluding carboxylic acids is 1. The minimum Gasteiger partial charge on any atom is -0.444 e. The Morgan fingerprint density at radius 3 is 2.67 bits per heavy atom. The van der Waals surface area contributed by atoms with Gasteiger partial charge < -0.3 is 18.9 Å². The van der Waals surface area contributed by atoms with Crippen molar-refractivity contribution >= 4 is 33.1 Å². The van der Waals surface area contributed by atoms with Crippen LogP contribution in [0, 0.1) is 12.7 Å². The van der Waals surface area contributed by atoms with Gasteiger partial charge in [-0.3, -0.25) is 0 Å². The quantitative estimate of drug-likeness (QED) is 0.658. The van der Waals surface area contributed by atoms with E-state index in [0.29, 0.717) is 29.7 Å². The van der Waals surface area contributed by atoms with E-state index in [1.807, 2.05) is 39.2 Å². The van der Waals surface area contributed by atoms with Crippen molar-refractivity contribution in [2.24, 2.45) is 0 Å². The molecular formula is C19H27BrFN3O3. The number of aromatic nitrogens is 2. The molecule has 1 heterocycles. The summed E-state index contributed by atoms with van der Waals surface area (Å²) in [6.45, 7) is 10.6. The summed E-state index contributed by atoms with van der Waals surface area (Å²) in [5.41, 5.74) is 0.826. The van der Waals surface area contributed by atoms with Gasteiger partial charge in [0.2, 0.25) is 0 Å². The van der Waals surface area contributed by atoms with Crippen LogP contribution in [-0.2, 0) is 16.0 Å². The summed E-state index contributed by atoms with van der Waals surface area (Å²) >= 11 is 3.42. The Labute approximate surface area is 167 Å². The van der Waals surface area contributed by atoms with E-state index >= 15 is 0 Å². The molecule has 150 valence electrons. The number of likely N-dealkylation sites (N-methyl/N-ethyl adjacent to an activating group) is 1. The van der Waals surface area contributed by atoms with Crippen molar-refractivity contribution in [3.63, 3.8) is 0 Å². The highest BCUT2D eigenvalue weighted by atomic mass is 79.9. The second kappa shape index (κ2) is 8.56. The number of hydrogen-bond acceptors (Lipinski definition) is 4. The Kier molecular flexibility index (Phi) is 6.86. The predicted molar refractivity (Wildman–Crippen MR) is 106 cm³/mol. The van der Waals surface area contributed by atoms with Gasteiger partial charge in [-0.05, 0) is 56.6 Å². The maximum Gasteiger partial charge on any atom is 0.410 e. The molecule has 0 saturated heterocycles. The summed E-state index contributed by atoms with van der Waals surface area (Å²) in [6, 6.07) is 2.83. The molecule has 0 radical (unpaired) electrons. The molecule has 0 bridgehead atoms. The summed E-state index contributed by atoms with van der Waals surface area (Å²) in [5.74, 6) is 0.408. The summed E-state index contributed by atoms with van der Waals surface area (Å²) in [6.07, 6.45) is -0.664. The lowest BCUT2D eigenvalue weighted by Gasteiger charge is -2.28. The molecule has 0 fully saturated rings. The van der Waals surface area contributed by atoms with Crippen LogP contribution in [-0.4, -0.2) is 52.4 Å². The molecule has 0 N–H and O–H groups in total. The smallest absolute Gasteiger partial charge is 0.410 e. The molecule has 1 amide bonds. The minimum atomic E-state index is -0.557. The third-order valence-electron chi connectivity index (χ3n) is 3.92. The number of halogens is 2. The van der Waals surface area contributed by atoms with Crippen LogP contribution in [0.2, 0.25) is 0 Å². The highest BCUT2D eigenvalue weighted by Crippen LogP contribution is 2.27. The SMILES string of the molecule is CCOC(CN(C)C(=O)OC(C)(C)C)Cn1c(C)nc2cc(F)cc(Br)c21. The maximum atomic E-state index is 13.7. The van der Waals surface area contributed by atoms with Gasteiger partial charge >= 0.3 is 6.09 Å². The molecule has 1 atom stereocenters. The molecular weight excluding hydrogens is 417 g/mol. The molecule has 27 heavy (non-hydrogen) atoms. The molecule has 8 heteroatoms. The van der Waals surface area contributed by atoms with Crippen LogP contribution < -0.4 is 0 Å². The molecule has 1 unspecified atom stereocenters. The fraction of sp³-hybridized carbons (Fsp3) is 0.579. The molecule has 1 aromatic heterocycles. The predicted octanol–water partition coefficient (Wildman–Crippen LogP) is 4.52. The van der Waals surface area contributed by atoms with Gasteiger partial charge in [0.1, 0.15) is 17.2 Å². The topological polar surface area (TPSA) is 56.6 Å². The fourth-order valence-electron chi connectivity index (χ4n) is 2.85. The highest BCUT2D eigenvalue weighted by molar-refractivity contribution is 9.10. The van der Waals surface area contributed by atoms with Crippen molar-refractivity contribution < 1.29 is 18.7 Å². The van der Waals surface area contributed by atoms with E-state index in [9.17, 15) is 9.18 Å². The number of benzene rings is 1. The van der Waals surface area contributed by atoms with Crippen molar-refractivity contribution in [3.05, 3.63) is 28.2 Å². The van der Waals surface area contributed by atoms with Crippen molar-refractivity contribution in [2.75, 3.05) is 20.2 Å². The van der Waals surface area contributed by atoms with Crippen molar-refractivity contribution in [1.82, 2.24) is 14.5 Å². The molecule has 0 aliphatic rings. The molecule has 6 nitrogen and oxygen atoms in total. The Balaban J connectivity index is 2.23. The van der Waals surface area contributed by atoms with Gasteiger partial charge in [0.25, 0.3) is 0 Å². The second-order valence-electron chi connectivity index (χ2n) is 7.46. The van der Waals surface area contributed by atoms with E-state index in [1.165, 1.54) is 17.0 Å². The van der Waals surface area contributed by atoms with Crippen molar-refractivity contribution in [1.29, 1.82) is 0 Å². The van der Waals surface area contributed by atoms with Crippen LogP contribution in [0.15, 0.2) is 16.6 Å². The van der Waals surface area contributed by atoms with E-state index in [1.54, 1.807) is 7.05 Å². The van der Waals surface area contributed by atoms with E-state index in [2.05, 4.69) is 20.9 Å². The zero-order chi connectivity index (χ0) is 20.4. The molecule has 0 aliphatic carbocycles. The minimum absolute atomic E-state index is 0.263. The average Bonchev–Trinajstić information content (AvgIpc) is 2.81. The Morgan fingerprint density at radius 2 is 2.07 bits per heavy atom. The third kappa shape index (κ3) is 5.65. The Morgan fingerprint density at radius 1 is 1.41 bits per heavy atom. The second-order valence-corrected chi connectivity index (χ2v) is 8.32. The average molecular weight is 444 g/mol. The molecule has 2 aromatic rings. The number of ether oxygens (including phenoxy) is 2. The number of fused-ring (bicyclic) bond motifs is 1. The number of amides is 1. The monoisotopic (exact) mass is 443 g/mol. The lowest BCUT2D eigenvalue weighted by molar-refractivity contribution is 0.00177. The van der Waals surface area contributed by atoms with E-state index in [4.69, 9.17) is 9.47 Å². The first-order chi connectivity index (χ1) is 12.5. The highest BCUT2D eigenvalue weighted by Gasteiger charge is 2.24. The normalized spacial score (nSPS) is 13.0. The lowest BCUT2D eigenvalue weighted by atomic mass is 10.2. The summed E-state index contributed by atoms with van der Waals surface area (Å²) in [7, 11) is 1.68. The first kappa shape index (κ1) is 21.6. The number of carbonyl (C=O) groups is 1. The van der Waals surface area contributed by atoms with Gasteiger partial charge in [-0.2, -0.15) is 0 Å². The van der Waals surface area contributed by atoms with Gasteiger partial charge in [-0.25, -0.2) is 14.2 Å². The number of aryl methyl sites for hydroxylation is 1. The summed E-state index contributed by atoms with van der Waals surface area (Å²) < 4.78 is 27.5. The van der Waals surface area contributed by atoms with Crippen LogP contribution >= 0.6 is 15.9 Å². The van der Waals surface area contributed by atoms with Crippen molar-refractivity contribution in [3.8, 4) is 0 Å². The van der Waals surface area contributed by atoms with Crippen LogP contribution in [0.5, 0.6) is 0 Å². The van der Waals surface area contributed by atoms with Crippen LogP contribution in [0.25, 0.3) is 11.0 Å². The number of rotatable bonds is 6.